The lowest BCUT2D eigenvalue weighted by atomic mass is 10.8. The van der Waals surface area contributed by atoms with Crippen LogP contribution in [0.25, 0.3) is 0 Å². The van der Waals surface area contributed by atoms with Gasteiger partial charge in [-0.05, 0) is 6.92 Å². The smallest absolute Gasteiger partial charge is 0.240 e. The molecule has 0 aliphatic heterocycles. The van der Waals surface area contributed by atoms with Crippen LogP contribution in [0.1, 0.15) is 6.92 Å². The van der Waals surface area contributed by atoms with E-state index in [1.54, 1.807) is 6.92 Å². The Balaban J connectivity index is 5.36. The van der Waals surface area contributed by atoms with Crippen LogP contribution in [0.3, 0.4) is 0 Å². The van der Waals surface area contributed by atoms with Gasteiger partial charge in [0.05, 0.1) is 0 Å². The van der Waals surface area contributed by atoms with E-state index in [9.17, 15) is 0 Å². The summed E-state index contributed by atoms with van der Waals surface area (Å²) in [6.45, 7) is 2.03. The molecule has 0 spiro atoms. The Kier molecular flexibility index (Phi) is 5.94. The Labute approximate surface area is 112 Å². The van der Waals surface area contributed by atoms with Gasteiger partial charge in [-0.1, -0.05) is 80.8 Å². The highest BCUT2D eigenvalue weighted by Gasteiger charge is 2.53. The molecule has 0 unspecified atom stereocenters. The topological polar surface area (TPSA) is 12.4 Å². The van der Waals surface area contributed by atoms with Gasteiger partial charge in [-0.25, -0.2) is 0 Å². The first-order valence-electron chi connectivity index (χ1n) is 2.97. The van der Waals surface area contributed by atoms with E-state index in [1.807, 2.05) is 0 Å². The molecular formula is C4H5Cl7NP. The van der Waals surface area contributed by atoms with Gasteiger partial charge in [-0.15, -0.1) is 0 Å². The zero-order valence-electron chi connectivity index (χ0n) is 6.25. The van der Waals surface area contributed by atoms with Crippen molar-refractivity contribution in [2.24, 2.45) is 4.74 Å². The molecule has 0 aromatic rings. The van der Waals surface area contributed by atoms with E-state index >= 15 is 0 Å². The number of alkyl halides is 6. The molecule has 0 saturated carbocycles. The second-order valence-electron chi connectivity index (χ2n) is 1.95. The molecule has 0 aliphatic rings. The third kappa shape index (κ3) is 3.64. The predicted octanol–water partition coefficient (Wildman–Crippen LogP) is 6.02. The quantitative estimate of drug-likeness (QED) is 0.407. The van der Waals surface area contributed by atoms with E-state index in [4.69, 9.17) is 80.8 Å². The Morgan fingerprint density at radius 3 is 1.38 bits per heavy atom. The highest BCUT2D eigenvalue weighted by molar-refractivity contribution is 8.00. The summed E-state index contributed by atoms with van der Waals surface area (Å²) in [6.07, 6.45) is -3.15. The van der Waals surface area contributed by atoms with Crippen molar-refractivity contribution in [3.63, 3.8) is 0 Å². The van der Waals surface area contributed by atoms with E-state index in [1.165, 1.54) is 0 Å². The molecule has 1 nitrogen and oxygen atoms in total. The maximum Gasteiger partial charge on any atom is 0.240 e. The predicted molar refractivity (Wildman–Crippen MR) is 66.3 cm³/mol. The second-order valence-corrected chi connectivity index (χ2v) is 12.3. The van der Waals surface area contributed by atoms with Crippen molar-refractivity contribution in [1.82, 2.24) is 0 Å². The molecule has 0 fully saturated rings. The molecule has 0 aliphatic carbocycles. The number of rotatable bonds is 1. The lowest BCUT2D eigenvalue weighted by Gasteiger charge is -2.30. The summed E-state index contributed by atoms with van der Waals surface area (Å²) in [5, 5.41) is 0. The van der Waals surface area contributed by atoms with E-state index in [2.05, 4.69) is 4.74 Å². The summed E-state index contributed by atoms with van der Waals surface area (Å²) in [6, 6.07) is 0. The highest BCUT2D eigenvalue weighted by atomic mass is 35.7. The Morgan fingerprint density at radius 2 is 1.31 bits per heavy atom. The first-order valence-corrected chi connectivity index (χ1v) is 7.89. The molecule has 0 atom stereocenters. The number of nitrogens with zero attached hydrogens (tertiary/aromatic N) is 1. The molecule has 0 amide bonds. The third-order valence-corrected chi connectivity index (χ3v) is 10.8. The summed E-state index contributed by atoms with van der Waals surface area (Å²) in [4.78, 5) is 0. The number of hydrogen-bond donors (Lipinski definition) is 0. The Bertz CT molecular complexity index is 208. The van der Waals surface area contributed by atoms with Crippen LogP contribution < -0.4 is 0 Å². The van der Waals surface area contributed by atoms with Crippen molar-refractivity contribution in [1.29, 1.82) is 0 Å². The molecule has 0 bridgehead atoms. The van der Waals surface area contributed by atoms with Gasteiger partial charge in [0.2, 0.25) is 7.07 Å². The normalized spacial score (nSPS) is 14.5. The van der Waals surface area contributed by atoms with E-state index < -0.39 is 13.5 Å². The van der Waals surface area contributed by atoms with Crippen molar-refractivity contribution in [2.45, 2.75) is 14.0 Å². The van der Waals surface area contributed by atoms with E-state index in [0.717, 1.165) is 0 Å². The summed E-state index contributed by atoms with van der Waals surface area (Å²) in [5.74, 6) is 0. The van der Waals surface area contributed by atoms with Crippen LogP contribution in [0.4, 0.5) is 0 Å². The van der Waals surface area contributed by atoms with Gasteiger partial charge in [-0.3, -0.25) is 4.74 Å². The van der Waals surface area contributed by atoms with Crippen LogP contribution in [0.2, 0.25) is 0 Å². The molecular weight excluding hydrogens is 341 g/mol. The number of halogens is 7. The van der Waals surface area contributed by atoms with Crippen molar-refractivity contribution < 1.29 is 0 Å². The van der Waals surface area contributed by atoms with Crippen LogP contribution in [-0.4, -0.2) is 13.6 Å². The van der Waals surface area contributed by atoms with Crippen LogP contribution in [0, 0.1) is 0 Å². The van der Waals surface area contributed by atoms with Gasteiger partial charge < -0.3 is 0 Å². The first-order chi connectivity index (χ1) is 5.56. The van der Waals surface area contributed by atoms with Crippen molar-refractivity contribution in [2.75, 3.05) is 6.54 Å². The minimum absolute atomic E-state index is 0.319. The standard InChI is InChI=1S/C4H5Cl7NP/c1-2-12-13(11,3(5,6)7)4(8,9)10/h2H2,1H3. The van der Waals surface area contributed by atoms with Gasteiger partial charge in [0.25, 0.3) is 0 Å². The maximum atomic E-state index is 5.94. The highest BCUT2D eigenvalue weighted by Crippen LogP contribution is 2.81. The summed E-state index contributed by atoms with van der Waals surface area (Å²) in [7, 11) is 0. The molecule has 80 valence electrons. The average Bonchev–Trinajstić information content (AvgIpc) is 1.82. The van der Waals surface area contributed by atoms with Crippen LogP contribution in [-0.2, 0) is 0 Å². The zero-order chi connectivity index (χ0) is 10.9. The molecule has 0 aromatic heterocycles. The molecule has 0 N–H and O–H groups in total. The average molecular weight is 346 g/mol. The van der Waals surface area contributed by atoms with Crippen molar-refractivity contribution >= 4 is 87.3 Å². The van der Waals surface area contributed by atoms with Crippen molar-refractivity contribution in [3.05, 3.63) is 0 Å². The van der Waals surface area contributed by atoms with Crippen LogP contribution in [0.15, 0.2) is 4.74 Å². The molecule has 0 radical (unpaired) electrons. The van der Waals surface area contributed by atoms with Crippen LogP contribution >= 0.6 is 87.3 Å². The third-order valence-electron chi connectivity index (χ3n) is 1.01. The lowest BCUT2D eigenvalue weighted by molar-refractivity contribution is 1.14. The molecule has 0 aromatic carbocycles. The SMILES string of the molecule is CCN=P(Cl)(C(Cl)(Cl)Cl)C(Cl)(Cl)Cl. The fourth-order valence-corrected chi connectivity index (χ4v) is 6.23. The lowest BCUT2D eigenvalue weighted by Crippen LogP contribution is -2.13. The molecule has 0 heterocycles. The monoisotopic (exact) mass is 343 g/mol. The van der Waals surface area contributed by atoms with Gasteiger partial charge in [0.15, 0.2) is 6.41 Å². The molecule has 0 saturated heterocycles. The summed E-state index contributed by atoms with van der Waals surface area (Å²) < 4.78 is 0.125. The van der Waals surface area contributed by atoms with Gasteiger partial charge in [-0.2, -0.15) is 0 Å². The maximum absolute atomic E-state index is 5.94. The fourth-order valence-electron chi connectivity index (χ4n) is 0.499. The van der Waals surface area contributed by atoms with Gasteiger partial charge >= 0.3 is 0 Å². The second kappa shape index (κ2) is 5.06. The van der Waals surface area contributed by atoms with E-state index in [0.29, 0.717) is 6.54 Å². The Hall–Kier alpha value is 2.26. The zero-order valence-corrected chi connectivity index (χ0v) is 12.4. The van der Waals surface area contributed by atoms with Crippen molar-refractivity contribution in [3.8, 4) is 0 Å². The molecule has 9 heteroatoms. The Morgan fingerprint density at radius 1 is 1.00 bits per heavy atom. The minimum atomic E-state index is -3.15. The fraction of sp³-hybridized carbons (Fsp3) is 1.00. The summed E-state index contributed by atoms with van der Waals surface area (Å²) >= 11 is 39.6. The van der Waals surface area contributed by atoms with Crippen LogP contribution in [0.5, 0.6) is 0 Å². The van der Waals surface area contributed by atoms with Gasteiger partial charge in [0.1, 0.15) is 0 Å². The molecule has 0 rings (SSSR count). The largest absolute Gasteiger partial charge is 0.280 e. The van der Waals surface area contributed by atoms with Gasteiger partial charge in [0, 0.05) is 6.54 Å². The summed E-state index contributed by atoms with van der Waals surface area (Å²) in [5.41, 5.74) is 0. The molecule has 13 heavy (non-hydrogen) atoms. The number of hydrogen-bond acceptors (Lipinski definition) is 1. The first kappa shape index (κ1) is 15.3. The van der Waals surface area contributed by atoms with E-state index in [-0.39, 0.29) is 0 Å². The minimum Gasteiger partial charge on any atom is -0.280 e.